The standard InChI is InChI=1S/C43H27BN2OSSi/c45-28-29-26-27-38-42-43(29)47-36-22-10-7-18-32(36)44(42)41-35(21-13-23-37(41)48-38)46-33-19-8-11-24-39(33)49(30-14-3-1-4-15-30,31-16-5-2-6-17-31)40-25-12-9-20-34(40)46/h1-27H. The van der Waals surface area contributed by atoms with Gasteiger partial charge >= 0.3 is 0 Å². The Morgan fingerprint density at radius 3 is 1.80 bits per heavy atom. The summed E-state index contributed by atoms with van der Waals surface area (Å²) >= 11 is 1.77. The Morgan fingerprint density at radius 2 is 1.12 bits per heavy atom. The van der Waals surface area contributed by atoms with E-state index in [0.29, 0.717) is 11.3 Å². The molecule has 6 heteroatoms. The highest BCUT2D eigenvalue weighted by atomic mass is 32.2. The molecule has 0 saturated heterocycles. The molecule has 0 amide bonds. The van der Waals surface area contributed by atoms with Crippen molar-refractivity contribution >= 4 is 80.7 Å². The normalized spacial score (nSPS) is 14.3. The second-order valence-corrected chi connectivity index (χ2v) is 17.5. The van der Waals surface area contributed by atoms with E-state index < -0.39 is 8.07 Å². The Kier molecular flexibility index (Phi) is 6.29. The minimum Gasteiger partial charge on any atom is -0.457 e. The van der Waals surface area contributed by atoms with Gasteiger partial charge in [0.1, 0.15) is 17.6 Å². The maximum Gasteiger partial charge on any atom is 0.256 e. The topological polar surface area (TPSA) is 36.3 Å². The van der Waals surface area contributed by atoms with E-state index in [0.717, 1.165) is 27.3 Å². The SMILES string of the molecule is N#Cc1ccc2c3c1Oc1ccccc1B3c1c(cccc1N1c3ccccc3[Si](c3ccccc3)(c3ccccc3)c3ccccc31)S2. The maximum absolute atomic E-state index is 10.2. The minimum atomic E-state index is -2.74. The number of hydrogen-bond donors (Lipinski definition) is 0. The summed E-state index contributed by atoms with van der Waals surface area (Å²) in [6.45, 7) is -0.0952. The molecule has 0 atom stereocenters. The first kappa shape index (κ1) is 28.3. The van der Waals surface area contributed by atoms with Crippen molar-refractivity contribution in [1.82, 2.24) is 0 Å². The summed E-state index contributed by atoms with van der Waals surface area (Å²) in [6.07, 6.45) is 0. The van der Waals surface area contributed by atoms with Crippen LogP contribution >= 0.6 is 11.8 Å². The summed E-state index contributed by atoms with van der Waals surface area (Å²) in [5, 5.41) is 15.6. The molecule has 7 aromatic rings. The van der Waals surface area contributed by atoms with E-state index >= 15 is 0 Å². The van der Waals surface area contributed by atoms with Gasteiger partial charge in [0, 0.05) is 26.9 Å². The van der Waals surface area contributed by atoms with Crippen molar-refractivity contribution in [1.29, 1.82) is 5.26 Å². The van der Waals surface area contributed by atoms with Gasteiger partial charge in [0.05, 0.1) is 5.56 Å². The van der Waals surface area contributed by atoms with Crippen LogP contribution in [0.25, 0.3) is 0 Å². The van der Waals surface area contributed by atoms with E-state index in [1.807, 2.05) is 18.2 Å². The molecule has 0 bridgehead atoms. The summed E-state index contributed by atoms with van der Waals surface area (Å²) in [5.74, 6) is 1.48. The van der Waals surface area contributed by atoms with Crippen LogP contribution in [0.1, 0.15) is 5.56 Å². The van der Waals surface area contributed by atoms with Crippen LogP contribution in [0.4, 0.5) is 17.1 Å². The number of anilines is 3. The van der Waals surface area contributed by atoms with Gasteiger partial charge in [-0.05, 0) is 79.6 Å². The molecular formula is C43H27BN2OSSi. The number of hydrogen-bond acceptors (Lipinski definition) is 4. The fourth-order valence-electron chi connectivity index (χ4n) is 8.41. The lowest BCUT2D eigenvalue weighted by molar-refractivity contribution is 0.484. The summed E-state index contributed by atoms with van der Waals surface area (Å²) in [6, 6.07) is 61.8. The molecule has 0 unspecified atom stereocenters. The van der Waals surface area contributed by atoms with E-state index in [1.165, 1.54) is 42.5 Å². The molecule has 3 nitrogen and oxygen atoms in total. The van der Waals surface area contributed by atoms with Crippen LogP contribution in [0.15, 0.2) is 174 Å². The van der Waals surface area contributed by atoms with E-state index in [1.54, 1.807) is 11.8 Å². The van der Waals surface area contributed by atoms with Crippen molar-refractivity contribution in [3.63, 3.8) is 0 Å². The third-order valence-electron chi connectivity index (χ3n) is 10.3. The fraction of sp³-hybridized carbons (Fsp3) is 0. The average Bonchev–Trinajstić information content (AvgIpc) is 3.17. The Bertz CT molecular complexity index is 2410. The third-order valence-corrected chi connectivity index (χ3v) is 16.3. The molecule has 0 radical (unpaired) electrons. The highest BCUT2D eigenvalue weighted by Gasteiger charge is 2.50. The van der Waals surface area contributed by atoms with Gasteiger partial charge in [-0.2, -0.15) is 5.26 Å². The summed E-state index contributed by atoms with van der Waals surface area (Å²) in [7, 11) is -2.74. The van der Waals surface area contributed by atoms with Crippen molar-refractivity contribution in [2.45, 2.75) is 9.79 Å². The van der Waals surface area contributed by atoms with Gasteiger partial charge in [0.25, 0.3) is 6.71 Å². The molecule has 3 heterocycles. The van der Waals surface area contributed by atoms with Gasteiger partial charge in [0.2, 0.25) is 0 Å². The Labute approximate surface area is 291 Å². The number of benzene rings is 7. The van der Waals surface area contributed by atoms with Crippen LogP contribution in [0.2, 0.25) is 0 Å². The van der Waals surface area contributed by atoms with Crippen LogP contribution < -0.4 is 46.8 Å². The second kappa shape index (κ2) is 10.9. The number of ether oxygens (including phenoxy) is 1. The lowest BCUT2D eigenvalue weighted by Crippen LogP contribution is -2.77. The molecule has 0 saturated carbocycles. The van der Waals surface area contributed by atoms with Crippen molar-refractivity contribution < 1.29 is 4.74 Å². The van der Waals surface area contributed by atoms with Crippen molar-refractivity contribution in [3.05, 3.63) is 169 Å². The Morgan fingerprint density at radius 1 is 0.551 bits per heavy atom. The van der Waals surface area contributed by atoms with Gasteiger partial charge in [-0.25, -0.2) is 0 Å². The van der Waals surface area contributed by atoms with Crippen LogP contribution in [-0.4, -0.2) is 14.8 Å². The largest absolute Gasteiger partial charge is 0.457 e. The maximum atomic E-state index is 10.2. The zero-order valence-electron chi connectivity index (χ0n) is 26.4. The summed E-state index contributed by atoms with van der Waals surface area (Å²) < 4.78 is 6.54. The lowest BCUT2D eigenvalue weighted by Gasteiger charge is -2.46. The Balaban J connectivity index is 1.29. The molecule has 0 aromatic heterocycles. The van der Waals surface area contributed by atoms with E-state index in [4.69, 9.17) is 4.74 Å². The highest BCUT2D eigenvalue weighted by molar-refractivity contribution is 8.00. The molecule has 49 heavy (non-hydrogen) atoms. The predicted molar refractivity (Wildman–Crippen MR) is 205 cm³/mol. The molecule has 0 N–H and O–H groups in total. The number of nitrogens with zero attached hydrogens (tertiary/aromatic N) is 2. The van der Waals surface area contributed by atoms with Gasteiger partial charge in [-0.1, -0.05) is 133 Å². The zero-order chi connectivity index (χ0) is 32.5. The molecule has 0 spiro atoms. The van der Waals surface area contributed by atoms with Crippen LogP contribution in [0.5, 0.6) is 11.5 Å². The van der Waals surface area contributed by atoms with Gasteiger partial charge in [0.15, 0.2) is 8.07 Å². The van der Waals surface area contributed by atoms with E-state index in [-0.39, 0.29) is 6.71 Å². The molecule has 0 fully saturated rings. The highest BCUT2D eigenvalue weighted by Crippen LogP contribution is 2.43. The number of para-hydroxylation sites is 3. The molecule has 7 aromatic carbocycles. The van der Waals surface area contributed by atoms with E-state index in [9.17, 15) is 5.26 Å². The second-order valence-electron chi connectivity index (χ2n) is 12.7. The average molecular weight is 659 g/mol. The van der Waals surface area contributed by atoms with Crippen molar-refractivity contribution in [2.75, 3.05) is 4.90 Å². The van der Waals surface area contributed by atoms with Crippen LogP contribution in [0, 0.1) is 11.3 Å². The predicted octanol–water partition coefficient (Wildman–Crippen LogP) is 5.81. The first-order valence-corrected chi connectivity index (χ1v) is 19.4. The summed E-state index contributed by atoms with van der Waals surface area (Å²) in [4.78, 5) is 4.87. The van der Waals surface area contributed by atoms with Crippen molar-refractivity contribution in [3.8, 4) is 17.6 Å². The molecular weight excluding hydrogens is 631 g/mol. The number of fused-ring (bicyclic) bond motifs is 6. The third kappa shape index (κ3) is 3.92. The fourth-order valence-corrected chi connectivity index (χ4v) is 14.7. The first-order valence-electron chi connectivity index (χ1n) is 16.5. The zero-order valence-corrected chi connectivity index (χ0v) is 28.2. The van der Waals surface area contributed by atoms with E-state index in [2.05, 4.69) is 157 Å². The summed E-state index contributed by atoms with van der Waals surface area (Å²) in [5.41, 5.74) is 7.57. The number of rotatable bonds is 3. The van der Waals surface area contributed by atoms with Crippen LogP contribution in [-0.2, 0) is 0 Å². The Hall–Kier alpha value is -5.74. The molecule has 3 aliphatic heterocycles. The van der Waals surface area contributed by atoms with Crippen LogP contribution in [0.3, 0.4) is 0 Å². The molecule has 228 valence electrons. The molecule has 10 rings (SSSR count). The van der Waals surface area contributed by atoms with Crippen molar-refractivity contribution in [2.24, 2.45) is 0 Å². The van der Waals surface area contributed by atoms with Gasteiger partial charge in [-0.15, -0.1) is 0 Å². The van der Waals surface area contributed by atoms with Gasteiger partial charge < -0.3 is 9.64 Å². The van der Waals surface area contributed by atoms with Gasteiger partial charge in [-0.3, -0.25) is 0 Å². The smallest absolute Gasteiger partial charge is 0.256 e. The molecule has 0 aliphatic carbocycles. The monoisotopic (exact) mass is 658 g/mol. The lowest BCUT2D eigenvalue weighted by atomic mass is 9.35. The molecule has 3 aliphatic rings. The minimum absolute atomic E-state index is 0.0952. The quantitative estimate of drug-likeness (QED) is 0.225. The first-order chi connectivity index (χ1) is 24.3. The number of nitriles is 1.